The van der Waals surface area contributed by atoms with Crippen molar-refractivity contribution in [3.05, 3.63) is 47.5 Å². The van der Waals surface area contributed by atoms with Crippen molar-refractivity contribution in [2.75, 3.05) is 21.3 Å². The van der Waals surface area contributed by atoms with E-state index in [9.17, 15) is 4.79 Å². The predicted octanol–water partition coefficient (Wildman–Crippen LogP) is 2.91. The van der Waals surface area contributed by atoms with Crippen LogP contribution in [0, 0.1) is 12.3 Å². The Bertz CT molecular complexity index is 741. The quantitative estimate of drug-likeness (QED) is 0.483. The summed E-state index contributed by atoms with van der Waals surface area (Å²) >= 11 is 0. The second-order valence-corrected chi connectivity index (χ2v) is 4.47. The maximum Gasteiger partial charge on any atom is 0.347 e. The molecule has 0 saturated heterocycles. The summed E-state index contributed by atoms with van der Waals surface area (Å²) in [6, 6.07) is 9.70. The van der Waals surface area contributed by atoms with Crippen molar-refractivity contribution in [3.8, 4) is 35.3 Å². The van der Waals surface area contributed by atoms with Gasteiger partial charge < -0.3 is 18.9 Å². The molecule has 0 atom stereocenters. The summed E-state index contributed by atoms with van der Waals surface area (Å²) in [6.45, 7) is 0. The number of hydrogen-bond acceptors (Lipinski definition) is 5. The minimum atomic E-state index is -0.573. The van der Waals surface area contributed by atoms with Gasteiger partial charge in [-0.15, -0.1) is 6.42 Å². The highest BCUT2D eigenvalue weighted by atomic mass is 16.5. The van der Waals surface area contributed by atoms with Crippen molar-refractivity contribution in [1.82, 2.24) is 0 Å². The van der Waals surface area contributed by atoms with Crippen LogP contribution in [0.1, 0.15) is 15.9 Å². The van der Waals surface area contributed by atoms with E-state index in [1.165, 1.54) is 27.4 Å². The first-order valence-corrected chi connectivity index (χ1v) is 6.71. The minimum Gasteiger partial charge on any atom is -0.496 e. The number of ether oxygens (including phenoxy) is 4. The lowest BCUT2D eigenvalue weighted by atomic mass is 10.1. The number of rotatable bonds is 5. The fourth-order valence-corrected chi connectivity index (χ4v) is 1.97. The van der Waals surface area contributed by atoms with Crippen LogP contribution in [0.4, 0.5) is 0 Å². The molecule has 2 aromatic rings. The molecule has 2 rings (SSSR count). The van der Waals surface area contributed by atoms with E-state index in [1.807, 2.05) is 0 Å². The van der Waals surface area contributed by atoms with E-state index < -0.39 is 5.97 Å². The summed E-state index contributed by atoms with van der Waals surface area (Å²) in [5.41, 5.74) is 0.930. The average Bonchev–Trinajstić information content (AvgIpc) is 2.60. The predicted molar refractivity (Wildman–Crippen MR) is 85.4 cm³/mol. The molecule has 0 saturated carbocycles. The van der Waals surface area contributed by atoms with Gasteiger partial charge >= 0.3 is 5.97 Å². The van der Waals surface area contributed by atoms with Crippen molar-refractivity contribution in [2.45, 2.75) is 0 Å². The van der Waals surface area contributed by atoms with Crippen LogP contribution >= 0.6 is 0 Å². The van der Waals surface area contributed by atoms with Gasteiger partial charge in [-0.2, -0.15) is 0 Å². The fraction of sp³-hybridized carbons (Fsp3) is 0.167. The molecule has 23 heavy (non-hydrogen) atoms. The highest BCUT2D eigenvalue weighted by Crippen LogP contribution is 2.35. The zero-order valence-electron chi connectivity index (χ0n) is 13.1. The van der Waals surface area contributed by atoms with Gasteiger partial charge in [0, 0.05) is 17.7 Å². The van der Waals surface area contributed by atoms with E-state index in [2.05, 4.69) is 5.92 Å². The maximum absolute atomic E-state index is 12.4. The summed E-state index contributed by atoms with van der Waals surface area (Å²) in [5.74, 6) is 3.49. The number of hydrogen-bond donors (Lipinski definition) is 0. The van der Waals surface area contributed by atoms with Gasteiger partial charge in [-0.3, -0.25) is 0 Å². The Morgan fingerprint density at radius 2 is 1.48 bits per heavy atom. The second-order valence-electron chi connectivity index (χ2n) is 4.47. The van der Waals surface area contributed by atoms with E-state index in [0.29, 0.717) is 28.6 Å². The molecule has 0 aliphatic heterocycles. The zero-order valence-corrected chi connectivity index (χ0v) is 13.1. The smallest absolute Gasteiger partial charge is 0.347 e. The van der Waals surface area contributed by atoms with Gasteiger partial charge in [0.1, 0.15) is 17.1 Å². The maximum atomic E-state index is 12.4. The molecule has 0 fully saturated rings. The molecular formula is C18H16O5. The van der Waals surface area contributed by atoms with Crippen LogP contribution in [-0.2, 0) is 0 Å². The van der Waals surface area contributed by atoms with Crippen molar-refractivity contribution in [1.29, 1.82) is 0 Å². The molecule has 0 aliphatic carbocycles. The fourth-order valence-electron chi connectivity index (χ4n) is 1.97. The monoisotopic (exact) mass is 312 g/mol. The van der Waals surface area contributed by atoms with Crippen molar-refractivity contribution in [3.63, 3.8) is 0 Å². The summed E-state index contributed by atoms with van der Waals surface area (Å²) in [4.78, 5) is 12.4. The lowest BCUT2D eigenvalue weighted by molar-refractivity contribution is 0.0730. The normalized spacial score (nSPS) is 9.65. The highest BCUT2D eigenvalue weighted by Gasteiger charge is 2.19. The van der Waals surface area contributed by atoms with Gasteiger partial charge in [-0.1, -0.05) is 5.92 Å². The molecule has 0 aromatic heterocycles. The van der Waals surface area contributed by atoms with Gasteiger partial charge in [0.05, 0.1) is 21.3 Å². The standard InChI is InChI=1S/C18H16O5/c1-5-12-6-8-13(9-7-12)23-18(19)14-10-16(21-3)17(22-4)11-15(14)20-2/h1,6-11H,2-4H3. The van der Waals surface area contributed by atoms with Crippen LogP contribution in [-0.4, -0.2) is 27.3 Å². The first-order valence-electron chi connectivity index (χ1n) is 6.71. The van der Waals surface area contributed by atoms with Gasteiger partial charge in [0.2, 0.25) is 0 Å². The molecule has 0 heterocycles. The van der Waals surface area contributed by atoms with Gasteiger partial charge in [-0.25, -0.2) is 4.79 Å². The number of carbonyl (C=O) groups is 1. The molecule has 0 bridgehead atoms. The molecule has 0 unspecified atom stereocenters. The number of esters is 1. The third kappa shape index (κ3) is 3.55. The number of terminal acetylenes is 1. The Kier molecular flexibility index (Phi) is 5.11. The third-order valence-electron chi connectivity index (χ3n) is 3.16. The van der Waals surface area contributed by atoms with Gasteiger partial charge in [0.25, 0.3) is 0 Å². The summed E-state index contributed by atoms with van der Waals surface area (Å²) in [7, 11) is 4.44. The molecule has 0 N–H and O–H groups in total. The van der Waals surface area contributed by atoms with Crippen LogP contribution in [0.3, 0.4) is 0 Å². The molecule has 118 valence electrons. The van der Waals surface area contributed by atoms with Crippen LogP contribution in [0.25, 0.3) is 0 Å². The van der Waals surface area contributed by atoms with E-state index in [0.717, 1.165) is 0 Å². The van der Waals surface area contributed by atoms with Crippen LogP contribution < -0.4 is 18.9 Å². The SMILES string of the molecule is C#Cc1ccc(OC(=O)c2cc(OC)c(OC)cc2OC)cc1. The van der Waals surface area contributed by atoms with Crippen molar-refractivity contribution >= 4 is 5.97 Å². The summed E-state index contributed by atoms with van der Waals surface area (Å²) < 4.78 is 20.9. The molecule has 0 amide bonds. The Balaban J connectivity index is 2.32. The summed E-state index contributed by atoms with van der Waals surface area (Å²) in [6.07, 6.45) is 5.29. The second kappa shape index (κ2) is 7.23. The summed E-state index contributed by atoms with van der Waals surface area (Å²) in [5, 5.41) is 0. The Hall–Kier alpha value is -3.13. The van der Waals surface area contributed by atoms with E-state index in [4.69, 9.17) is 25.4 Å². The van der Waals surface area contributed by atoms with Crippen LogP contribution in [0.15, 0.2) is 36.4 Å². The Labute approximate surface area is 134 Å². The van der Waals surface area contributed by atoms with Crippen molar-refractivity contribution in [2.24, 2.45) is 0 Å². The third-order valence-corrected chi connectivity index (χ3v) is 3.16. The molecule has 2 aromatic carbocycles. The first kappa shape index (κ1) is 16.2. The van der Waals surface area contributed by atoms with Crippen LogP contribution in [0.2, 0.25) is 0 Å². The van der Waals surface area contributed by atoms with Gasteiger partial charge in [0.15, 0.2) is 11.5 Å². The Morgan fingerprint density at radius 1 is 0.913 bits per heavy atom. The minimum absolute atomic E-state index is 0.228. The van der Waals surface area contributed by atoms with E-state index >= 15 is 0 Å². The zero-order chi connectivity index (χ0) is 16.8. The molecule has 5 heteroatoms. The first-order chi connectivity index (χ1) is 11.1. The van der Waals surface area contributed by atoms with E-state index in [1.54, 1.807) is 30.3 Å². The lowest BCUT2D eigenvalue weighted by Gasteiger charge is -2.13. The van der Waals surface area contributed by atoms with Crippen LogP contribution in [0.5, 0.6) is 23.0 Å². The lowest BCUT2D eigenvalue weighted by Crippen LogP contribution is -2.11. The highest BCUT2D eigenvalue weighted by molar-refractivity contribution is 5.95. The molecule has 0 radical (unpaired) electrons. The largest absolute Gasteiger partial charge is 0.496 e. The Morgan fingerprint density at radius 3 is 2.00 bits per heavy atom. The van der Waals surface area contributed by atoms with E-state index in [-0.39, 0.29) is 5.56 Å². The molecule has 0 aliphatic rings. The number of benzene rings is 2. The average molecular weight is 312 g/mol. The van der Waals surface area contributed by atoms with Gasteiger partial charge in [-0.05, 0) is 24.3 Å². The molecule has 0 spiro atoms. The number of methoxy groups -OCH3 is 3. The molecule has 5 nitrogen and oxygen atoms in total. The van der Waals surface area contributed by atoms with Crippen molar-refractivity contribution < 1.29 is 23.7 Å². The number of carbonyl (C=O) groups excluding carboxylic acids is 1. The molecular weight excluding hydrogens is 296 g/mol. The topological polar surface area (TPSA) is 54.0 Å².